The van der Waals surface area contributed by atoms with Crippen LogP contribution in [0.2, 0.25) is 0 Å². The molecule has 3 N–H and O–H groups in total. The van der Waals surface area contributed by atoms with Crippen LogP contribution in [0.4, 0.5) is 0 Å². The minimum Gasteiger partial charge on any atom is -0.380 e. The van der Waals surface area contributed by atoms with Gasteiger partial charge in [-0.3, -0.25) is 9.59 Å². The normalized spacial score (nSPS) is 20.0. The highest BCUT2D eigenvalue weighted by molar-refractivity contribution is 5.91. The number of nitrogens with zero attached hydrogens (tertiary/aromatic N) is 3. The number of piperidine rings is 1. The maximum Gasteiger partial charge on any atom is 0.255 e. The molecule has 0 bridgehead atoms. The minimum atomic E-state index is -1.83. The van der Waals surface area contributed by atoms with Crippen LogP contribution in [0.1, 0.15) is 26.7 Å². The largest absolute Gasteiger partial charge is 0.380 e. The molecule has 1 aliphatic carbocycles. The van der Waals surface area contributed by atoms with Crippen LogP contribution in [-0.4, -0.2) is 76.8 Å². The first-order valence-electron chi connectivity index (χ1n) is 11.5. The van der Waals surface area contributed by atoms with Gasteiger partial charge in [0.15, 0.2) is 12.2 Å². The van der Waals surface area contributed by atoms with Gasteiger partial charge in [0.1, 0.15) is 6.07 Å². The van der Waals surface area contributed by atoms with E-state index < -0.39 is 24.0 Å². The van der Waals surface area contributed by atoms with Gasteiger partial charge in [0.2, 0.25) is 0 Å². The number of fused-ring (bicyclic) bond motifs is 1. The number of carbonyl (C=O) groups is 2. The number of nitrogens with one attached hydrogen (secondary N) is 1. The molecule has 8 heteroatoms. The average Bonchev–Trinajstić information content (AvgIpc) is 3.14. The van der Waals surface area contributed by atoms with Crippen molar-refractivity contribution < 1.29 is 19.8 Å². The summed E-state index contributed by atoms with van der Waals surface area (Å²) in [7, 11) is 0. The molecule has 188 valence electrons. The highest BCUT2D eigenvalue weighted by atomic mass is 16.3. The maximum absolute atomic E-state index is 12.7. The van der Waals surface area contributed by atoms with Gasteiger partial charge in [-0.05, 0) is 48.5 Å². The Labute approximate surface area is 207 Å². The van der Waals surface area contributed by atoms with Crippen molar-refractivity contribution in [1.82, 2.24) is 15.1 Å². The fourth-order valence-corrected chi connectivity index (χ4v) is 4.46. The first kappa shape index (κ1) is 27.8. The summed E-state index contributed by atoms with van der Waals surface area (Å²) < 4.78 is 0. The molecule has 2 amide bonds. The summed E-state index contributed by atoms with van der Waals surface area (Å²) in [6.07, 6.45) is 9.79. The zero-order valence-electron chi connectivity index (χ0n) is 19.3. The van der Waals surface area contributed by atoms with Gasteiger partial charge in [0, 0.05) is 32.7 Å². The molecule has 2 saturated heterocycles. The molecule has 0 unspecified atom stereocenters. The summed E-state index contributed by atoms with van der Waals surface area (Å²) in [5.41, 5.74) is 3.25. The molecule has 35 heavy (non-hydrogen) atoms. The van der Waals surface area contributed by atoms with Crippen molar-refractivity contribution in [2.75, 3.05) is 32.7 Å². The van der Waals surface area contributed by atoms with Crippen LogP contribution in [-0.2, 0) is 9.59 Å². The Balaban J connectivity index is 0.00000432. The second-order valence-corrected chi connectivity index (χ2v) is 8.66. The van der Waals surface area contributed by atoms with Gasteiger partial charge in [-0.25, -0.2) is 0 Å². The lowest BCUT2D eigenvalue weighted by Crippen LogP contribution is -2.51. The third-order valence-electron chi connectivity index (χ3n) is 6.52. The zero-order valence-corrected chi connectivity index (χ0v) is 19.3. The number of aliphatic hydroxyl groups excluding tert-OH is 2. The van der Waals surface area contributed by atoms with Crippen molar-refractivity contribution in [2.45, 2.75) is 38.9 Å². The molecular weight excluding hydrogens is 444 g/mol. The fourth-order valence-electron chi connectivity index (χ4n) is 4.46. The lowest BCUT2D eigenvalue weighted by atomic mass is 9.95. The van der Waals surface area contributed by atoms with Gasteiger partial charge in [0.25, 0.3) is 11.8 Å². The predicted molar refractivity (Wildman–Crippen MR) is 136 cm³/mol. The Morgan fingerprint density at radius 2 is 1.83 bits per heavy atom. The van der Waals surface area contributed by atoms with Gasteiger partial charge >= 0.3 is 0 Å². The Morgan fingerprint density at radius 1 is 1.14 bits per heavy atom. The molecule has 2 atom stereocenters. The molecule has 2 fully saturated rings. The molecular formula is C27H36N4O4. The van der Waals surface area contributed by atoms with Crippen LogP contribution in [0.15, 0.2) is 72.0 Å². The van der Waals surface area contributed by atoms with Gasteiger partial charge in [-0.15, -0.1) is 0 Å². The number of carbonyl (C=O) groups excluding carboxylic acids is 2. The Bertz CT molecular complexity index is 993. The van der Waals surface area contributed by atoms with E-state index in [1.165, 1.54) is 11.0 Å². The molecule has 0 spiro atoms. The lowest BCUT2D eigenvalue weighted by molar-refractivity contribution is -0.152. The van der Waals surface area contributed by atoms with Crippen molar-refractivity contribution in [3.63, 3.8) is 0 Å². The van der Waals surface area contributed by atoms with Gasteiger partial charge < -0.3 is 25.3 Å². The second kappa shape index (κ2) is 12.9. The van der Waals surface area contributed by atoms with Gasteiger partial charge in [-0.2, -0.15) is 5.26 Å². The second-order valence-electron chi connectivity index (χ2n) is 8.66. The highest BCUT2D eigenvalue weighted by Gasteiger charge is 2.36. The van der Waals surface area contributed by atoms with Crippen LogP contribution >= 0.6 is 0 Å². The van der Waals surface area contributed by atoms with Crippen molar-refractivity contribution in [3.05, 3.63) is 72.0 Å². The van der Waals surface area contributed by atoms with Crippen molar-refractivity contribution in [3.8, 4) is 6.07 Å². The molecule has 0 aromatic carbocycles. The van der Waals surface area contributed by atoms with Crippen molar-refractivity contribution in [2.24, 2.45) is 5.92 Å². The third kappa shape index (κ3) is 6.59. The van der Waals surface area contributed by atoms with E-state index in [4.69, 9.17) is 0 Å². The summed E-state index contributed by atoms with van der Waals surface area (Å²) in [5, 5.41) is 32.6. The molecule has 8 nitrogen and oxygen atoms in total. The van der Waals surface area contributed by atoms with E-state index in [1.54, 1.807) is 6.08 Å². The summed E-state index contributed by atoms with van der Waals surface area (Å²) in [4.78, 5) is 28.6. The number of amides is 2. The Morgan fingerprint density at radius 3 is 2.46 bits per heavy atom. The van der Waals surface area contributed by atoms with Crippen LogP contribution < -0.4 is 5.32 Å². The maximum atomic E-state index is 12.7. The monoisotopic (exact) mass is 480 g/mol. The smallest absolute Gasteiger partial charge is 0.255 e. The van der Waals surface area contributed by atoms with Gasteiger partial charge in [-0.1, -0.05) is 44.9 Å². The summed E-state index contributed by atoms with van der Waals surface area (Å²) in [6, 6.07) is 2.12. The van der Waals surface area contributed by atoms with E-state index in [1.807, 2.05) is 24.3 Å². The molecule has 2 aliphatic heterocycles. The number of nitriles is 1. The fraction of sp³-hybridized carbons (Fsp3) is 0.444. The van der Waals surface area contributed by atoms with E-state index in [2.05, 4.69) is 29.4 Å². The standard InChI is InChI=1S/C26H32N4O4.CH4/c1-3-19(14-27)22(4-2)29-12-10-18(11-13-29)15-28-25(33)23(31)24(32)26(34)30-16-20-8-6-5-7-9-21(20)17-30;/h3-6,8-9,18,23-24,31-32H,1-2,7,10-13,15-17H2,(H,28,33);1H4/b22-19-;/t23-,24-;/m1./s1. The Hall–Kier alpha value is -3.41. The SMILES string of the molecule is C.C=C/C(C#N)=C(\C=C)N1CCC(CNC(=O)[C@H](O)[C@@H](O)C(=O)N2CC3=CC=CCC=C3C2)CC1. The molecule has 2 heterocycles. The number of aliphatic hydroxyl groups is 2. The Kier molecular flexibility index (Phi) is 10.2. The quantitative estimate of drug-likeness (QED) is 0.361. The first-order chi connectivity index (χ1) is 16.4. The minimum absolute atomic E-state index is 0. The predicted octanol–water partition coefficient (Wildman–Crippen LogP) is 1.98. The van der Waals surface area contributed by atoms with Crippen LogP contribution in [0.5, 0.6) is 0 Å². The van der Waals surface area contributed by atoms with Crippen LogP contribution in [0.3, 0.4) is 0 Å². The number of allylic oxidation sites excluding steroid dienone is 7. The topological polar surface area (TPSA) is 117 Å². The summed E-state index contributed by atoms with van der Waals surface area (Å²) in [6.45, 7) is 9.88. The first-order valence-corrected chi connectivity index (χ1v) is 11.5. The molecule has 3 rings (SSSR count). The molecule has 0 aromatic rings. The molecule has 3 aliphatic rings. The lowest BCUT2D eigenvalue weighted by Gasteiger charge is -2.34. The van der Waals surface area contributed by atoms with E-state index in [-0.39, 0.29) is 13.3 Å². The average molecular weight is 481 g/mol. The van der Waals surface area contributed by atoms with Crippen LogP contribution in [0.25, 0.3) is 0 Å². The summed E-state index contributed by atoms with van der Waals surface area (Å²) in [5.74, 6) is -1.24. The van der Waals surface area contributed by atoms with Gasteiger partial charge in [0.05, 0.1) is 11.3 Å². The van der Waals surface area contributed by atoms with Crippen molar-refractivity contribution >= 4 is 11.8 Å². The number of hydrogen-bond acceptors (Lipinski definition) is 6. The number of hydrogen-bond donors (Lipinski definition) is 3. The molecule has 0 saturated carbocycles. The van der Waals surface area contributed by atoms with E-state index >= 15 is 0 Å². The van der Waals surface area contributed by atoms with E-state index in [9.17, 15) is 25.1 Å². The van der Waals surface area contributed by atoms with Crippen molar-refractivity contribution in [1.29, 1.82) is 5.26 Å². The number of likely N-dealkylation sites (tertiary alicyclic amines) is 2. The van der Waals surface area contributed by atoms with E-state index in [0.717, 1.165) is 36.1 Å². The zero-order chi connectivity index (χ0) is 24.7. The number of rotatable bonds is 8. The summed E-state index contributed by atoms with van der Waals surface area (Å²) >= 11 is 0. The molecule has 0 radical (unpaired) electrons. The third-order valence-corrected chi connectivity index (χ3v) is 6.52. The highest BCUT2D eigenvalue weighted by Crippen LogP contribution is 2.25. The van der Waals surface area contributed by atoms with E-state index in [0.29, 0.717) is 38.3 Å². The van der Waals surface area contributed by atoms with Crippen LogP contribution in [0, 0.1) is 17.2 Å². The molecule has 0 aromatic heterocycles.